The summed E-state index contributed by atoms with van der Waals surface area (Å²) in [4.78, 5) is 0. The van der Waals surface area contributed by atoms with Crippen molar-refractivity contribution in [2.24, 2.45) is 0 Å². The van der Waals surface area contributed by atoms with Crippen molar-refractivity contribution in [3.63, 3.8) is 0 Å². The van der Waals surface area contributed by atoms with Crippen LogP contribution in [0.15, 0.2) is 24.6 Å². The van der Waals surface area contributed by atoms with Gasteiger partial charge in [0.25, 0.3) is 0 Å². The van der Waals surface area contributed by atoms with Crippen molar-refractivity contribution < 1.29 is 12.3 Å². The zero-order valence-electron chi connectivity index (χ0n) is 12.8. The van der Waals surface area contributed by atoms with E-state index in [1.54, 1.807) is 0 Å². The maximum Gasteiger partial charge on any atom is 0.347 e. The lowest BCUT2D eigenvalue weighted by atomic mass is 10.6. The number of rotatable bonds is 7. The van der Waals surface area contributed by atoms with Crippen LogP contribution < -0.4 is 0 Å². The maximum atomic E-state index is 6.47. The third kappa shape index (κ3) is 3.77. The first-order valence-electron chi connectivity index (χ1n) is 7.30. The topological polar surface area (TPSA) is 27.7 Å². The minimum atomic E-state index is -2.32. The SMILES string of the molecule is C=C[Si]1(CCC)O[Si](C)(CC)O[Si](C=C)(CCC)O1. The quantitative estimate of drug-likeness (QED) is 0.656. The molecule has 1 rings (SSSR count). The fraction of sp³-hybridized carbons (Fsp3) is 0.692. The van der Waals surface area contributed by atoms with Gasteiger partial charge in [0.05, 0.1) is 0 Å². The molecule has 110 valence electrons. The summed E-state index contributed by atoms with van der Waals surface area (Å²) in [6.45, 7) is 16.7. The fourth-order valence-electron chi connectivity index (χ4n) is 2.50. The first-order valence-corrected chi connectivity index (χ1v) is 14.0. The normalized spacial score (nSPS) is 38.9. The second-order valence-electron chi connectivity index (χ2n) is 5.33. The average Bonchev–Trinajstić information content (AvgIpc) is 2.39. The van der Waals surface area contributed by atoms with Crippen LogP contribution in [0.4, 0.5) is 0 Å². The maximum absolute atomic E-state index is 6.47. The van der Waals surface area contributed by atoms with E-state index < -0.39 is 25.7 Å². The molecule has 19 heavy (non-hydrogen) atoms. The molecule has 0 aromatic rings. The van der Waals surface area contributed by atoms with Crippen molar-refractivity contribution >= 4 is 25.7 Å². The van der Waals surface area contributed by atoms with Crippen LogP contribution >= 0.6 is 0 Å². The molecule has 0 radical (unpaired) electrons. The van der Waals surface area contributed by atoms with E-state index in [-0.39, 0.29) is 0 Å². The molecule has 0 bridgehead atoms. The second-order valence-corrected chi connectivity index (χ2v) is 15.8. The first-order chi connectivity index (χ1) is 8.92. The van der Waals surface area contributed by atoms with Gasteiger partial charge >= 0.3 is 25.7 Å². The summed E-state index contributed by atoms with van der Waals surface area (Å²) in [5.41, 5.74) is 3.92. The van der Waals surface area contributed by atoms with Crippen molar-refractivity contribution in [1.82, 2.24) is 0 Å². The van der Waals surface area contributed by atoms with Crippen molar-refractivity contribution in [3.8, 4) is 0 Å². The molecule has 2 atom stereocenters. The van der Waals surface area contributed by atoms with Crippen LogP contribution in [0.2, 0.25) is 24.7 Å². The van der Waals surface area contributed by atoms with Crippen molar-refractivity contribution in [3.05, 3.63) is 24.6 Å². The van der Waals surface area contributed by atoms with Crippen molar-refractivity contribution in [2.75, 3.05) is 0 Å². The zero-order valence-corrected chi connectivity index (χ0v) is 15.8. The summed E-state index contributed by atoms with van der Waals surface area (Å²) in [5, 5.41) is 0. The molecular weight excluding hydrogens is 288 g/mol. The van der Waals surface area contributed by atoms with Crippen LogP contribution in [-0.4, -0.2) is 25.7 Å². The highest BCUT2D eigenvalue weighted by Crippen LogP contribution is 2.38. The van der Waals surface area contributed by atoms with Gasteiger partial charge in [0.15, 0.2) is 0 Å². The Labute approximate surface area is 121 Å². The summed E-state index contributed by atoms with van der Waals surface area (Å²) in [7, 11) is -6.77. The Bertz CT molecular complexity index is 311. The highest BCUT2D eigenvalue weighted by atomic mass is 28.5. The molecule has 0 N–H and O–H groups in total. The number of hydrogen-bond acceptors (Lipinski definition) is 3. The van der Waals surface area contributed by atoms with Gasteiger partial charge < -0.3 is 12.3 Å². The fourth-order valence-corrected chi connectivity index (χ4v) is 18.2. The lowest BCUT2D eigenvalue weighted by Crippen LogP contribution is -2.68. The van der Waals surface area contributed by atoms with E-state index in [0.29, 0.717) is 0 Å². The molecule has 1 aliphatic rings. The van der Waals surface area contributed by atoms with Gasteiger partial charge in [-0.15, -0.1) is 13.2 Å². The largest absolute Gasteiger partial charge is 0.412 e. The molecule has 0 amide bonds. The van der Waals surface area contributed by atoms with E-state index in [4.69, 9.17) is 12.3 Å². The van der Waals surface area contributed by atoms with Gasteiger partial charge in [-0.1, -0.05) is 45.0 Å². The van der Waals surface area contributed by atoms with Crippen LogP contribution in [0, 0.1) is 0 Å². The molecule has 1 fully saturated rings. The summed E-state index contributed by atoms with van der Waals surface area (Å²) in [6, 6.07) is 2.89. The van der Waals surface area contributed by atoms with E-state index in [1.807, 2.05) is 11.4 Å². The van der Waals surface area contributed by atoms with E-state index in [2.05, 4.69) is 40.5 Å². The summed E-state index contributed by atoms with van der Waals surface area (Å²) in [6.07, 6.45) is 2.11. The van der Waals surface area contributed by atoms with E-state index >= 15 is 0 Å². The van der Waals surface area contributed by atoms with E-state index in [1.165, 1.54) is 0 Å². The van der Waals surface area contributed by atoms with Crippen molar-refractivity contribution in [1.29, 1.82) is 0 Å². The average molecular weight is 317 g/mol. The highest BCUT2D eigenvalue weighted by molar-refractivity contribution is 6.97. The third-order valence-corrected chi connectivity index (χ3v) is 17.5. The molecule has 0 aliphatic carbocycles. The Morgan fingerprint density at radius 3 is 1.53 bits per heavy atom. The predicted octanol–water partition coefficient (Wildman–Crippen LogP) is 4.30. The standard InChI is InChI=1S/C13H28O3Si3/c1-7-12-18(10-4)14-17(6,9-3)15-19(11-5,16-18)13-8-2/h10-11H,4-5,7-9,12-13H2,1-3,6H3. The van der Waals surface area contributed by atoms with Crippen LogP contribution in [0.5, 0.6) is 0 Å². The summed E-state index contributed by atoms with van der Waals surface area (Å²) >= 11 is 0. The lowest BCUT2D eigenvalue weighted by molar-refractivity contribution is 0.230. The van der Waals surface area contributed by atoms with Crippen LogP contribution in [0.25, 0.3) is 0 Å². The Kier molecular flexibility index (Phi) is 5.97. The Morgan fingerprint density at radius 2 is 1.26 bits per heavy atom. The molecule has 0 aromatic heterocycles. The van der Waals surface area contributed by atoms with Gasteiger partial charge in [-0.3, -0.25) is 0 Å². The second kappa shape index (κ2) is 6.64. The van der Waals surface area contributed by atoms with Gasteiger partial charge in [-0.2, -0.15) is 0 Å². The molecule has 1 heterocycles. The smallest absolute Gasteiger partial charge is 0.347 e. The third-order valence-electron chi connectivity index (χ3n) is 3.58. The van der Waals surface area contributed by atoms with Crippen LogP contribution in [0.1, 0.15) is 33.6 Å². The minimum absolute atomic E-state index is 0.953. The Balaban J connectivity index is 3.15. The molecule has 3 nitrogen and oxygen atoms in total. The monoisotopic (exact) mass is 316 g/mol. The number of hydrogen-bond donors (Lipinski definition) is 0. The van der Waals surface area contributed by atoms with E-state index in [0.717, 1.165) is 31.0 Å². The molecule has 6 heteroatoms. The molecule has 0 aromatic carbocycles. The van der Waals surface area contributed by atoms with Gasteiger partial charge in [-0.05, 0) is 24.7 Å². The molecule has 2 unspecified atom stereocenters. The Hall–Kier alpha value is 0.0106. The van der Waals surface area contributed by atoms with Gasteiger partial charge in [0, 0.05) is 0 Å². The minimum Gasteiger partial charge on any atom is -0.412 e. The van der Waals surface area contributed by atoms with Crippen molar-refractivity contribution in [2.45, 2.75) is 58.3 Å². The van der Waals surface area contributed by atoms with Gasteiger partial charge in [0.2, 0.25) is 0 Å². The Morgan fingerprint density at radius 1 is 0.842 bits per heavy atom. The first kappa shape index (κ1) is 17.1. The molecule has 1 aliphatic heterocycles. The van der Waals surface area contributed by atoms with Crippen LogP contribution in [0.3, 0.4) is 0 Å². The molecular formula is C13H28O3Si3. The summed E-state index contributed by atoms with van der Waals surface area (Å²) in [5.74, 6) is 0. The lowest BCUT2D eigenvalue weighted by Gasteiger charge is -2.50. The van der Waals surface area contributed by atoms with E-state index in [9.17, 15) is 0 Å². The molecule has 0 spiro atoms. The highest BCUT2D eigenvalue weighted by Gasteiger charge is 2.57. The van der Waals surface area contributed by atoms with Crippen LogP contribution in [-0.2, 0) is 12.3 Å². The zero-order chi connectivity index (χ0) is 14.6. The molecule has 1 saturated heterocycles. The summed E-state index contributed by atoms with van der Waals surface area (Å²) < 4.78 is 19.3. The van der Waals surface area contributed by atoms with Gasteiger partial charge in [0.1, 0.15) is 0 Å². The van der Waals surface area contributed by atoms with Gasteiger partial charge in [-0.25, -0.2) is 0 Å². The molecule has 0 saturated carbocycles. The predicted molar refractivity (Wildman–Crippen MR) is 87.5 cm³/mol.